The minimum atomic E-state index is -0.359. The Balaban J connectivity index is 2.04. The van der Waals surface area contributed by atoms with E-state index in [2.05, 4.69) is 24.3 Å². The van der Waals surface area contributed by atoms with Crippen molar-refractivity contribution in [1.29, 1.82) is 5.26 Å². The largest absolute Gasteiger partial charge is 0.381 e. The van der Waals surface area contributed by atoms with Gasteiger partial charge in [0.1, 0.15) is 5.82 Å². The van der Waals surface area contributed by atoms with Gasteiger partial charge in [0.05, 0.1) is 17.3 Å². The summed E-state index contributed by atoms with van der Waals surface area (Å²) in [6.07, 6.45) is 3.52. The van der Waals surface area contributed by atoms with Crippen LogP contribution in [0.4, 0.5) is 10.1 Å². The lowest BCUT2D eigenvalue weighted by Gasteiger charge is -2.47. The third-order valence-electron chi connectivity index (χ3n) is 3.94. The van der Waals surface area contributed by atoms with Gasteiger partial charge in [-0.2, -0.15) is 5.26 Å². The Morgan fingerprint density at radius 2 is 2.17 bits per heavy atom. The predicted molar refractivity (Wildman–Crippen MR) is 69.9 cm³/mol. The summed E-state index contributed by atoms with van der Waals surface area (Å²) >= 11 is 0. The van der Waals surface area contributed by atoms with Crippen LogP contribution in [-0.2, 0) is 0 Å². The minimum absolute atomic E-state index is 0.153. The Morgan fingerprint density at radius 3 is 2.61 bits per heavy atom. The third-order valence-corrected chi connectivity index (χ3v) is 3.94. The molecule has 96 valence electrons. The van der Waals surface area contributed by atoms with Gasteiger partial charge in [-0.3, -0.25) is 0 Å². The van der Waals surface area contributed by atoms with Crippen molar-refractivity contribution in [2.45, 2.75) is 24.8 Å². The molecule has 1 aromatic carbocycles. The van der Waals surface area contributed by atoms with Gasteiger partial charge >= 0.3 is 0 Å². The topological polar surface area (TPSA) is 39.1 Å². The monoisotopic (exact) mass is 247 g/mol. The number of halogens is 1. The number of hydrogen-bond acceptors (Lipinski definition) is 3. The van der Waals surface area contributed by atoms with Crippen molar-refractivity contribution < 1.29 is 4.39 Å². The molecule has 1 N–H and O–H groups in total. The zero-order chi connectivity index (χ0) is 13.2. The number of likely N-dealkylation sites (N-methyl/N-ethyl adjacent to an activating group) is 1. The first-order chi connectivity index (χ1) is 8.57. The zero-order valence-electron chi connectivity index (χ0n) is 10.8. The van der Waals surface area contributed by atoms with Crippen molar-refractivity contribution in [3.05, 3.63) is 29.6 Å². The van der Waals surface area contributed by atoms with Crippen molar-refractivity contribution >= 4 is 5.69 Å². The van der Waals surface area contributed by atoms with Gasteiger partial charge in [-0.05, 0) is 51.6 Å². The molecule has 0 bridgehead atoms. The summed E-state index contributed by atoms with van der Waals surface area (Å²) < 4.78 is 13.7. The van der Waals surface area contributed by atoms with Gasteiger partial charge in [0.25, 0.3) is 0 Å². The van der Waals surface area contributed by atoms with Gasteiger partial charge in [-0.1, -0.05) is 0 Å². The molecule has 1 aliphatic rings. The molecule has 0 amide bonds. The van der Waals surface area contributed by atoms with Gasteiger partial charge in [0, 0.05) is 12.1 Å². The molecule has 0 saturated heterocycles. The molecular weight excluding hydrogens is 229 g/mol. The van der Waals surface area contributed by atoms with E-state index in [1.54, 1.807) is 12.1 Å². The van der Waals surface area contributed by atoms with Gasteiger partial charge in [0.15, 0.2) is 0 Å². The van der Waals surface area contributed by atoms with E-state index in [4.69, 9.17) is 5.26 Å². The molecular formula is C14H18FN3. The molecule has 0 radical (unpaired) electrons. The van der Waals surface area contributed by atoms with Crippen LogP contribution >= 0.6 is 0 Å². The van der Waals surface area contributed by atoms with Crippen LogP contribution in [0, 0.1) is 17.1 Å². The first-order valence-electron chi connectivity index (χ1n) is 6.18. The second-order valence-electron chi connectivity index (χ2n) is 5.13. The van der Waals surface area contributed by atoms with E-state index in [1.165, 1.54) is 12.5 Å². The zero-order valence-corrected chi connectivity index (χ0v) is 10.8. The first kappa shape index (κ1) is 12.8. The van der Waals surface area contributed by atoms with Crippen molar-refractivity contribution in [2.24, 2.45) is 0 Å². The van der Waals surface area contributed by atoms with Crippen LogP contribution in [0.5, 0.6) is 0 Å². The van der Waals surface area contributed by atoms with Gasteiger partial charge in [0.2, 0.25) is 0 Å². The number of benzene rings is 1. The summed E-state index contributed by atoms with van der Waals surface area (Å²) in [4.78, 5) is 2.21. The normalized spacial score (nSPS) is 17.1. The lowest BCUT2D eigenvalue weighted by Crippen LogP contribution is -2.54. The number of rotatable bonds is 4. The highest BCUT2D eigenvalue weighted by Gasteiger charge is 2.38. The molecule has 0 unspecified atom stereocenters. The van der Waals surface area contributed by atoms with Crippen LogP contribution in [0.3, 0.4) is 0 Å². The minimum Gasteiger partial charge on any atom is -0.381 e. The van der Waals surface area contributed by atoms with Gasteiger partial charge < -0.3 is 10.2 Å². The van der Waals surface area contributed by atoms with Gasteiger partial charge in [-0.25, -0.2) is 4.39 Å². The Morgan fingerprint density at radius 1 is 1.44 bits per heavy atom. The SMILES string of the molecule is CN(C)C1(CNc2ccc(C#N)cc2F)CCC1. The molecule has 0 heterocycles. The summed E-state index contributed by atoms with van der Waals surface area (Å²) in [5, 5.41) is 11.9. The number of nitrogens with zero attached hydrogens (tertiary/aromatic N) is 2. The lowest BCUT2D eigenvalue weighted by atomic mass is 9.75. The summed E-state index contributed by atoms with van der Waals surface area (Å²) in [6, 6.07) is 6.47. The number of nitriles is 1. The second-order valence-corrected chi connectivity index (χ2v) is 5.13. The number of anilines is 1. The predicted octanol–water partition coefficient (Wildman–Crippen LogP) is 2.59. The maximum absolute atomic E-state index is 13.7. The maximum atomic E-state index is 13.7. The second kappa shape index (κ2) is 4.95. The smallest absolute Gasteiger partial charge is 0.147 e. The first-order valence-corrected chi connectivity index (χ1v) is 6.18. The Kier molecular flexibility index (Phi) is 3.53. The van der Waals surface area contributed by atoms with E-state index in [-0.39, 0.29) is 11.4 Å². The molecule has 1 aliphatic carbocycles. The summed E-state index contributed by atoms with van der Waals surface area (Å²) in [7, 11) is 4.13. The van der Waals surface area contributed by atoms with Crippen molar-refractivity contribution in [1.82, 2.24) is 4.90 Å². The molecule has 3 nitrogen and oxygen atoms in total. The van der Waals surface area contributed by atoms with Crippen LogP contribution in [-0.4, -0.2) is 31.1 Å². The molecule has 2 rings (SSSR count). The van der Waals surface area contributed by atoms with Crippen LogP contribution < -0.4 is 5.32 Å². The van der Waals surface area contributed by atoms with Crippen LogP contribution in [0.15, 0.2) is 18.2 Å². The average molecular weight is 247 g/mol. The molecule has 1 aromatic rings. The summed E-state index contributed by atoms with van der Waals surface area (Å²) in [5.41, 5.74) is 0.978. The third kappa shape index (κ3) is 2.32. The van der Waals surface area contributed by atoms with Crippen LogP contribution in [0.2, 0.25) is 0 Å². The molecule has 0 spiro atoms. The summed E-state index contributed by atoms with van der Waals surface area (Å²) in [6.45, 7) is 0.739. The van der Waals surface area contributed by atoms with Crippen molar-refractivity contribution in [3.63, 3.8) is 0 Å². The fourth-order valence-corrected chi connectivity index (χ4v) is 2.35. The molecule has 0 aliphatic heterocycles. The number of nitrogens with one attached hydrogen (secondary N) is 1. The Labute approximate surface area is 107 Å². The average Bonchev–Trinajstić information content (AvgIpc) is 2.28. The van der Waals surface area contributed by atoms with E-state index in [9.17, 15) is 4.39 Å². The van der Waals surface area contributed by atoms with Crippen LogP contribution in [0.25, 0.3) is 0 Å². The number of hydrogen-bond donors (Lipinski definition) is 1. The molecule has 0 atom stereocenters. The fourth-order valence-electron chi connectivity index (χ4n) is 2.35. The molecule has 1 fully saturated rings. The van der Waals surface area contributed by atoms with E-state index in [0.29, 0.717) is 11.3 Å². The van der Waals surface area contributed by atoms with E-state index in [1.807, 2.05) is 6.07 Å². The highest BCUT2D eigenvalue weighted by molar-refractivity contribution is 5.49. The molecule has 1 saturated carbocycles. The van der Waals surface area contributed by atoms with E-state index >= 15 is 0 Å². The Hall–Kier alpha value is -1.60. The highest BCUT2D eigenvalue weighted by atomic mass is 19.1. The summed E-state index contributed by atoms with van der Waals surface area (Å²) in [5.74, 6) is -0.359. The standard InChI is InChI=1S/C14H18FN3/c1-18(2)14(6-3-7-14)10-17-13-5-4-11(9-16)8-12(13)15/h4-5,8,17H,3,6-7,10H2,1-2H3. The van der Waals surface area contributed by atoms with Crippen molar-refractivity contribution in [3.8, 4) is 6.07 Å². The lowest BCUT2D eigenvalue weighted by molar-refractivity contribution is 0.0738. The van der Waals surface area contributed by atoms with Gasteiger partial charge in [-0.15, -0.1) is 0 Å². The molecule has 18 heavy (non-hydrogen) atoms. The van der Waals surface area contributed by atoms with Crippen LogP contribution in [0.1, 0.15) is 24.8 Å². The quantitative estimate of drug-likeness (QED) is 0.889. The maximum Gasteiger partial charge on any atom is 0.147 e. The highest BCUT2D eigenvalue weighted by Crippen LogP contribution is 2.36. The molecule has 0 aromatic heterocycles. The Bertz CT molecular complexity index is 472. The fraction of sp³-hybridized carbons (Fsp3) is 0.500. The van der Waals surface area contributed by atoms with E-state index in [0.717, 1.165) is 19.4 Å². The van der Waals surface area contributed by atoms with E-state index < -0.39 is 0 Å². The van der Waals surface area contributed by atoms with Crippen molar-refractivity contribution in [2.75, 3.05) is 26.0 Å². The molecule has 4 heteroatoms.